The first-order valence-corrected chi connectivity index (χ1v) is 10.4. The molecule has 0 saturated carbocycles. The Labute approximate surface area is 175 Å². The third-order valence-corrected chi connectivity index (χ3v) is 6.18. The van der Waals surface area contributed by atoms with Gasteiger partial charge in [0.15, 0.2) is 16.3 Å². The minimum atomic E-state index is 0.306. The maximum absolute atomic E-state index is 5.77. The molecule has 3 heterocycles. The normalized spacial score (nSPS) is 18.4. The minimum Gasteiger partial charge on any atom is -0.454 e. The van der Waals surface area contributed by atoms with Crippen LogP contribution >= 0.6 is 12.2 Å². The predicted octanol–water partition coefficient (Wildman–Crippen LogP) is 4.29. The van der Waals surface area contributed by atoms with Crippen molar-refractivity contribution in [1.29, 1.82) is 0 Å². The number of nitrogens with zero attached hydrogens (tertiary/aromatic N) is 4. The molecule has 3 aromatic rings. The van der Waals surface area contributed by atoms with Crippen LogP contribution in [-0.2, 0) is 13.2 Å². The second kappa shape index (κ2) is 7.65. The number of likely N-dealkylation sites (tertiary alicyclic amines) is 1. The summed E-state index contributed by atoms with van der Waals surface area (Å²) in [6.45, 7) is 4.80. The Bertz CT molecular complexity index is 1080. The lowest BCUT2D eigenvalue weighted by Gasteiger charge is -2.24. The van der Waals surface area contributed by atoms with E-state index < -0.39 is 0 Å². The summed E-state index contributed by atoms with van der Waals surface area (Å²) < 4.78 is 15.9. The van der Waals surface area contributed by atoms with Crippen LogP contribution in [0.5, 0.6) is 11.5 Å². The Morgan fingerprint density at radius 1 is 1.10 bits per heavy atom. The third-order valence-electron chi connectivity index (χ3n) is 5.75. The standard InChI is InChI=1S/C22H24N4O2S/c1-16-23-26(22(29)25(16)13-17-6-3-2-4-7-17)14-24-11-5-8-19(24)18-9-10-20-21(12-18)28-15-27-20/h2-4,6-7,9-10,12,19H,5,8,11,13-15H2,1H3. The molecule has 0 N–H and O–H groups in total. The molecule has 1 unspecified atom stereocenters. The molecule has 7 heteroatoms. The number of fused-ring (bicyclic) bond motifs is 1. The molecule has 2 aromatic carbocycles. The van der Waals surface area contributed by atoms with Gasteiger partial charge in [-0.05, 0) is 55.2 Å². The summed E-state index contributed by atoms with van der Waals surface area (Å²) in [6.07, 6.45) is 2.28. The average molecular weight is 409 g/mol. The Kier molecular flexibility index (Phi) is 4.85. The molecule has 5 rings (SSSR count). The van der Waals surface area contributed by atoms with Gasteiger partial charge in [-0.3, -0.25) is 9.47 Å². The summed E-state index contributed by atoms with van der Waals surface area (Å²) >= 11 is 5.77. The van der Waals surface area contributed by atoms with E-state index in [1.165, 1.54) is 11.1 Å². The van der Waals surface area contributed by atoms with Crippen LogP contribution in [0, 0.1) is 11.7 Å². The highest BCUT2D eigenvalue weighted by molar-refractivity contribution is 7.71. The molecule has 6 nitrogen and oxygen atoms in total. The molecule has 1 fully saturated rings. The molecule has 0 spiro atoms. The fourth-order valence-corrected chi connectivity index (χ4v) is 4.55. The number of aryl methyl sites for hydroxylation is 1. The molecule has 1 atom stereocenters. The van der Waals surface area contributed by atoms with Crippen LogP contribution in [0.2, 0.25) is 0 Å². The minimum absolute atomic E-state index is 0.306. The lowest BCUT2D eigenvalue weighted by atomic mass is 10.0. The van der Waals surface area contributed by atoms with Crippen molar-refractivity contribution in [2.45, 2.75) is 39.0 Å². The molecular formula is C22H24N4O2S. The quantitative estimate of drug-likeness (QED) is 0.589. The molecule has 150 valence electrons. The molecule has 0 bridgehead atoms. The molecule has 1 saturated heterocycles. The van der Waals surface area contributed by atoms with Gasteiger partial charge in [0.05, 0.1) is 13.2 Å². The van der Waals surface area contributed by atoms with Gasteiger partial charge in [0, 0.05) is 12.6 Å². The number of rotatable bonds is 5. The predicted molar refractivity (Wildman–Crippen MR) is 113 cm³/mol. The summed E-state index contributed by atoms with van der Waals surface area (Å²) in [5.41, 5.74) is 2.49. The van der Waals surface area contributed by atoms with Crippen LogP contribution in [0.15, 0.2) is 48.5 Å². The Hall–Kier alpha value is -2.64. The monoisotopic (exact) mass is 408 g/mol. The number of ether oxygens (including phenoxy) is 2. The van der Waals surface area contributed by atoms with E-state index in [2.05, 4.69) is 45.9 Å². The molecule has 1 aromatic heterocycles. The summed E-state index contributed by atoms with van der Waals surface area (Å²) in [5, 5.41) is 4.74. The van der Waals surface area contributed by atoms with Crippen molar-refractivity contribution in [3.8, 4) is 11.5 Å². The Morgan fingerprint density at radius 2 is 1.93 bits per heavy atom. The van der Waals surface area contributed by atoms with Gasteiger partial charge in [-0.15, -0.1) is 0 Å². The Balaban J connectivity index is 1.37. The van der Waals surface area contributed by atoms with Gasteiger partial charge in [-0.1, -0.05) is 36.4 Å². The second-order valence-electron chi connectivity index (χ2n) is 7.63. The molecule has 29 heavy (non-hydrogen) atoms. The van der Waals surface area contributed by atoms with Gasteiger partial charge < -0.3 is 9.47 Å². The first kappa shape index (κ1) is 18.4. The first-order chi connectivity index (χ1) is 14.2. The maximum Gasteiger partial charge on any atom is 0.231 e. The van der Waals surface area contributed by atoms with E-state index in [1.54, 1.807) is 0 Å². The van der Waals surface area contributed by atoms with Crippen molar-refractivity contribution in [3.05, 3.63) is 70.3 Å². The molecule has 2 aliphatic heterocycles. The first-order valence-electron chi connectivity index (χ1n) is 10.0. The zero-order valence-electron chi connectivity index (χ0n) is 16.5. The zero-order chi connectivity index (χ0) is 19.8. The van der Waals surface area contributed by atoms with Crippen molar-refractivity contribution in [2.24, 2.45) is 0 Å². The van der Waals surface area contributed by atoms with E-state index in [0.717, 1.165) is 48.0 Å². The van der Waals surface area contributed by atoms with Gasteiger partial charge in [0.1, 0.15) is 5.82 Å². The van der Waals surface area contributed by atoms with Crippen molar-refractivity contribution in [3.63, 3.8) is 0 Å². The number of hydrogen-bond acceptors (Lipinski definition) is 5. The largest absolute Gasteiger partial charge is 0.454 e. The zero-order valence-corrected chi connectivity index (χ0v) is 17.3. The summed E-state index contributed by atoms with van der Waals surface area (Å²) in [7, 11) is 0. The average Bonchev–Trinajstić information content (AvgIpc) is 3.45. The molecular weight excluding hydrogens is 384 g/mol. The van der Waals surface area contributed by atoms with Gasteiger partial charge in [0.25, 0.3) is 0 Å². The van der Waals surface area contributed by atoms with Gasteiger partial charge >= 0.3 is 0 Å². The molecule has 0 amide bonds. The SMILES string of the molecule is Cc1nn(CN2CCCC2c2ccc3c(c2)OCO3)c(=S)n1Cc1ccccc1. The van der Waals surface area contributed by atoms with E-state index in [9.17, 15) is 0 Å². The van der Waals surface area contributed by atoms with Gasteiger partial charge in [-0.2, -0.15) is 5.10 Å². The summed E-state index contributed by atoms with van der Waals surface area (Å²) in [5.74, 6) is 2.61. The second-order valence-corrected chi connectivity index (χ2v) is 7.99. The van der Waals surface area contributed by atoms with Crippen LogP contribution in [0.1, 0.15) is 35.8 Å². The van der Waals surface area contributed by atoms with Crippen molar-refractivity contribution >= 4 is 12.2 Å². The fourth-order valence-electron chi connectivity index (χ4n) is 4.25. The summed E-state index contributed by atoms with van der Waals surface area (Å²) in [6, 6.07) is 17.0. The van der Waals surface area contributed by atoms with E-state index in [4.69, 9.17) is 26.8 Å². The third kappa shape index (κ3) is 3.56. The highest BCUT2D eigenvalue weighted by Crippen LogP contribution is 2.39. The van der Waals surface area contributed by atoms with Crippen LogP contribution in [-0.4, -0.2) is 32.6 Å². The van der Waals surface area contributed by atoms with Crippen LogP contribution < -0.4 is 9.47 Å². The van der Waals surface area contributed by atoms with Crippen molar-refractivity contribution < 1.29 is 9.47 Å². The van der Waals surface area contributed by atoms with Gasteiger partial charge in [0.2, 0.25) is 6.79 Å². The lowest BCUT2D eigenvalue weighted by molar-refractivity contribution is 0.173. The summed E-state index contributed by atoms with van der Waals surface area (Å²) in [4.78, 5) is 2.45. The van der Waals surface area contributed by atoms with E-state index in [0.29, 0.717) is 19.5 Å². The lowest BCUT2D eigenvalue weighted by Crippen LogP contribution is -2.27. The van der Waals surface area contributed by atoms with Gasteiger partial charge in [-0.25, -0.2) is 4.68 Å². The van der Waals surface area contributed by atoms with Crippen molar-refractivity contribution in [1.82, 2.24) is 19.2 Å². The van der Waals surface area contributed by atoms with Crippen LogP contribution in [0.25, 0.3) is 0 Å². The molecule has 0 radical (unpaired) electrons. The van der Waals surface area contributed by atoms with Crippen molar-refractivity contribution in [2.75, 3.05) is 13.3 Å². The Morgan fingerprint density at radius 3 is 2.79 bits per heavy atom. The topological polar surface area (TPSA) is 44.5 Å². The fraction of sp³-hybridized carbons (Fsp3) is 0.364. The number of aromatic nitrogens is 3. The highest BCUT2D eigenvalue weighted by Gasteiger charge is 2.28. The maximum atomic E-state index is 5.77. The molecule has 0 aliphatic carbocycles. The van der Waals surface area contributed by atoms with E-state index in [1.807, 2.05) is 23.7 Å². The number of benzene rings is 2. The van der Waals surface area contributed by atoms with E-state index in [-0.39, 0.29) is 0 Å². The van der Waals surface area contributed by atoms with E-state index >= 15 is 0 Å². The number of hydrogen-bond donors (Lipinski definition) is 0. The highest BCUT2D eigenvalue weighted by atomic mass is 32.1. The molecule has 2 aliphatic rings. The van der Waals surface area contributed by atoms with Crippen LogP contribution in [0.4, 0.5) is 0 Å². The van der Waals surface area contributed by atoms with Crippen LogP contribution in [0.3, 0.4) is 0 Å². The smallest absolute Gasteiger partial charge is 0.231 e.